The van der Waals surface area contributed by atoms with E-state index in [2.05, 4.69) is 20.7 Å². The minimum Gasteiger partial charge on any atom is -0.211 e. The maximum Gasteiger partial charge on any atom is 0.246 e. The van der Waals surface area contributed by atoms with Crippen molar-refractivity contribution in [1.82, 2.24) is 4.72 Å². The zero-order chi connectivity index (χ0) is 14.9. The van der Waals surface area contributed by atoms with Crippen molar-refractivity contribution in [3.05, 3.63) is 29.6 Å². The van der Waals surface area contributed by atoms with Crippen LogP contribution in [0.3, 0.4) is 0 Å². The van der Waals surface area contributed by atoms with E-state index in [1.54, 1.807) is 0 Å². The standard InChI is InChI=1S/C12H13BrF3NO2S/c13-8-2-1-7(3-8)6-17-20(18,19)12-10(15)4-9(14)5-11(12)16/h4-5,7-8,17H,1-3,6H2. The molecule has 0 amide bonds. The van der Waals surface area contributed by atoms with Crippen LogP contribution in [0.1, 0.15) is 19.3 Å². The van der Waals surface area contributed by atoms with Gasteiger partial charge in [-0.05, 0) is 25.2 Å². The van der Waals surface area contributed by atoms with Crippen LogP contribution in [-0.2, 0) is 10.0 Å². The molecule has 1 fully saturated rings. The summed E-state index contributed by atoms with van der Waals surface area (Å²) in [7, 11) is -4.33. The van der Waals surface area contributed by atoms with E-state index in [4.69, 9.17) is 0 Å². The number of sulfonamides is 1. The molecule has 1 aromatic rings. The summed E-state index contributed by atoms with van der Waals surface area (Å²) >= 11 is 3.44. The lowest BCUT2D eigenvalue weighted by Crippen LogP contribution is -2.30. The van der Waals surface area contributed by atoms with Crippen LogP contribution in [-0.4, -0.2) is 19.8 Å². The Hall–Kier alpha value is -0.600. The van der Waals surface area contributed by atoms with Crippen molar-refractivity contribution < 1.29 is 21.6 Å². The van der Waals surface area contributed by atoms with Crippen molar-refractivity contribution in [3.63, 3.8) is 0 Å². The Morgan fingerprint density at radius 3 is 2.30 bits per heavy atom. The highest BCUT2D eigenvalue weighted by Gasteiger charge is 2.28. The van der Waals surface area contributed by atoms with Crippen molar-refractivity contribution in [3.8, 4) is 0 Å². The van der Waals surface area contributed by atoms with Gasteiger partial charge in [-0.15, -0.1) is 0 Å². The molecule has 1 N–H and O–H groups in total. The number of alkyl halides is 1. The highest BCUT2D eigenvalue weighted by molar-refractivity contribution is 9.09. The SMILES string of the molecule is O=S(=O)(NCC1CCC(Br)C1)c1c(F)cc(F)cc1F. The Balaban J connectivity index is 2.15. The third-order valence-corrected chi connectivity index (χ3v) is 5.58. The summed E-state index contributed by atoms with van der Waals surface area (Å²) in [5.41, 5.74) is 0. The fourth-order valence-electron chi connectivity index (χ4n) is 2.28. The van der Waals surface area contributed by atoms with Gasteiger partial charge >= 0.3 is 0 Å². The summed E-state index contributed by atoms with van der Waals surface area (Å²) < 4.78 is 65.7. The molecule has 112 valence electrons. The molecule has 1 saturated carbocycles. The molecular formula is C12H13BrF3NO2S. The Kier molecular flexibility index (Phi) is 4.76. The third-order valence-electron chi connectivity index (χ3n) is 3.27. The third kappa shape index (κ3) is 3.53. The average Bonchev–Trinajstić information content (AvgIpc) is 2.71. The van der Waals surface area contributed by atoms with E-state index in [1.807, 2.05) is 0 Å². The molecule has 0 spiro atoms. The highest BCUT2D eigenvalue weighted by Crippen LogP contribution is 2.30. The Morgan fingerprint density at radius 2 is 1.80 bits per heavy atom. The molecule has 0 saturated heterocycles. The van der Waals surface area contributed by atoms with Crippen molar-refractivity contribution in [1.29, 1.82) is 0 Å². The van der Waals surface area contributed by atoms with Crippen molar-refractivity contribution >= 4 is 26.0 Å². The van der Waals surface area contributed by atoms with Gasteiger partial charge in [-0.2, -0.15) is 0 Å². The first-order valence-corrected chi connectivity index (χ1v) is 8.48. The Bertz CT molecular complexity index is 586. The summed E-state index contributed by atoms with van der Waals surface area (Å²) in [5, 5.41) is 0. The first-order valence-electron chi connectivity index (χ1n) is 6.08. The molecule has 0 bridgehead atoms. The van der Waals surface area contributed by atoms with Crippen LogP contribution in [0.15, 0.2) is 17.0 Å². The molecule has 2 unspecified atom stereocenters. The second kappa shape index (κ2) is 6.03. The maximum atomic E-state index is 13.5. The van der Waals surface area contributed by atoms with E-state index >= 15 is 0 Å². The van der Waals surface area contributed by atoms with E-state index < -0.39 is 32.4 Å². The predicted molar refractivity (Wildman–Crippen MR) is 71.6 cm³/mol. The summed E-state index contributed by atoms with van der Waals surface area (Å²) in [6.07, 6.45) is 2.58. The molecule has 2 rings (SSSR count). The van der Waals surface area contributed by atoms with Crippen molar-refractivity contribution in [2.75, 3.05) is 6.54 Å². The first-order chi connectivity index (χ1) is 9.29. The lowest BCUT2D eigenvalue weighted by atomic mass is 10.1. The predicted octanol–water partition coefficient (Wildman–Crippen LogP) is 2.95. The maximum absolute atomic E-state index is 13.5. The lowest BCUT2D eigenvalue weighted by Gasteiger charge is -2.12. The average molecular weight is 372 g/mol. The second-order valence-electron chi connectivity index (χ2n) is 4.83. The highest BCUT2D eigenvalue weighted by atomic mass is 79.9. The van der Waals surface area contributed by atoms with Gasteiger partial charge in [0.2, 0.25) is 10.0 Å². The Morgan fingerprint density at radius 1 is 1.20 bits per heavy atom. The monoisotopic (exact) mass is 371 g/mol. The van der Waals surface area contributed by atoms with Gasteiger partial charge in [0.05, 0.1) is 0 Å². The quantitative estimate of drug-likeness (QED) is 0.827. The minimum atomic E-state index is -4.33. The van der Waals surface area contributed by atoms with Crippen molar-refractivity contribution in [2.45, 2.75) is 29.0 Å². The van der Waals surface area contributed by atoms with E-state index in [0.29, 0.717) is 17.0 Å². The van der Waals surface area contributed by atoms with Gasteiger partial charge in [0, 0.05) is 23.5 Å². The molecule has 3 nitrogen and oxygen atoms in total. The molecule has 0 heterocycles. The molecule has 0 aromatic heterocycles. The van der Waals surface area contributed by atoms with Crippen LogP contribution >= 0.6 is 15.9 Å². The fraction of sp³-hybridized carbons (Fsp3) is 0.500. The number of hydrogen-bond donors (Lipinski definition) is 1. The van der Waals surface area contributed by atoms with Crippen LogP contribution in [0.25, 0.3) is 0 Å². The molecule has 20 heavy (non-hydrogen) atoms. The molecule has 1 aliphatic carbocycles. The van der Waals surface area contributed by atoms with Gasteiger partial charge in [0.25, 0.3) is 0 Å². The van der Waals surface area contributed by atoms with Gasteiger partial charge < -0.3 is 0 Å². The molecule has 8 heteroatoms. The number of rotatable bonds is 4. The summed E-state index contributed by atoms with van der Waals surface area (Å²) in [6.45, 7) is 0.112. The lowest BCUT2D eigenvalue weighted by molar-refractivity contribution is 0.485. The van der Waals surface area contributed by atoms with Crippen LogP contribution < -0.4 is 4.72 Å². The normalized spacial score (nSPS) is 23.2. The molecule has 2 atom stereocenters. The van der Waals surface area contributed by atoms with E-state index in [1.165, 1.54) is 0 Å². The Labute approximate surface area is 123 Å². The molecule has 0 radical (unpaired) electrons. The number of nitrogens with one attached hydrogen (secondary N) is 1. The number of benzene rings is 1. The fourth-order valence-corrected chi connectivity index (χ4v) is 4.31. The second-order valence-corrected chi connectivity index (χ2v) is 7.83. The minimum absolute atomic E-state index is 0.112. The molecular weight excluding hydrogens is 359 g/mol. The zero-order valence-corrected chi connectivity index (χ0v) is 12.8. The largest absolute Gasteiger partial charge is 0.246 e. The number of hydrogen-bond acceptors (Lipinski definition) is 2. The summed E-state index contributed by atoms with van der Waals surface area (Å²) in [5.74, 6) is -3.89. The van der Waals surface area contributed by atoms with Crippen LogP contribution in [0, 0.1) is 23.4 Å². The van der Waals surface area contributed by atoms with Gasteiger partial charge in [-0.1, -0.05) is 15.9 Å². The van der Waals surface area contributed by atoms with Crippen molar-refractivity contribution in [2.24, 2.45) is 5.92 Å². The smallest absolute Gasteiger partial charge is 0.211 e. The van der Waals surface area contributed by atoms with Gasteiger partial charge in [-0.3, -0.25) is 0 Å². The molecule has 1 aromatic carbocycles. The van der Waals surface area contributed by atoms with Gasteiger partial charge in [0.15, 0.2) is 4.90 Å². The topological polar surface area (TPSA) is 46.2 Å². The summed E-state index contributed by atoms with van der Waals surface area (Å²) in [6, 6.07) is 0.698. The van der Waals surface area contributed by atoms with Gasteiger partial charge in [-0.25, -0.2) is 26.3 Å². The van der Waals surface area contributed by atoms with Gasteiger partial charge in [0.1, 0.15) is 17.5 Å². The van der Waals surface area contributed by atoms with E-state index in [9.17, 15) is 21.6 Å². The van der Waals surface area contributed by atoms with Crippen LogP contribution in [0.5, 0.6) is 0 Å². The van der Waals surface area contributed by atoms with Crippen LogP contribution in [0.2, 0.25) is 0 Å². The van der Waals surface area contributed by atoms with E-state index in [0.717, 1.165) is 19.3 Å². The molecule has 1 aliphatic rings. The molecule has 0 aliphatic heterocycles. The van der Waals surface area contributed by atoms with Crippen LogP contribution in [0.4, 0.5) is 13.2 Å². The van der Waals surface area contributed by atoms with E-state index in [-0.39, 0.29) is 12.5 Å². The summed E-state index contributed by atoms with van der Waals surface area (Å²) in [4.78, 5) is -0.788. The first kappa shape index (κ1) is 15.8. The zero-order valence-electron chi connectivity index (χ0n) is 10.4. The number of halogens is 4.